The van der Waals surface area contributed by atoms with Gasteiger partial charge < -0.3 is 10.8 Å². The fourth-order valence-corrected chi connectivity index (χ4v) is 0.938. The maximum absolute atomic E-state index is 10.4. The predicted octanol–water partition coefficient (Wildman–Crippen LogP) is 0.658. The van der Waals surface area contributed by atoms with Crippen molar-refractivity contribution in [2.24, 2.45) is 10.7 Å². The summed E-state index contributed by atoms with van der Waals surface area (Å²) in [6.45, 7) is 3.78. The zero-order chi connectivity index (χ0) is 9.56. The van der Waals surface area contributed by atoms with E-state index in [0.29, 0.717) is 6.42 Å². The maximum atomic E-state index is 10.4. The predicted molar refractivity (Wildman–Crippen MR) is 48.5 cm³/mol. The van der Waals surface area contributed by atoms with Crippen LogP contribution in [0, 0.1) is 0 Å². The van der Waals surface area contributed by atoms with Crippen LogP contribution in [-0.2, 0) is 4.79 Å². The van der Waals surface area contributed by atoms with Crippen LogP contribution in [0.2, 0.25) is 0 Å². The number of aliphatic imine (C=N–C) groups is 1. The number of hydrogen-bond donors (Lipinski definition) is 2. The Kier molecular flexibility index (Phi) is 5.28. The summed E-state index contributed by atoms with van der Waals surface area (Å²) in [7, 11) is 0. The van der Waals surface area contributed by atoms with Gasteiger partial charge in [-0.25, -0.2) is 0 Å². The van der Waals surface area contributed by atoms with Crippen LogP contribution in [-0.4, -0.2) is 29.4 Å². The smallest absolute Gasteiger partial charge is 0.320 e. The molecule has 2 atom stereocenters. The quantitative estimate of drug-likeness (QED) is 0.598. The molecular formula is C8H16N2O2. The minimum atomic E-state index is -0.959. The molecule has 0 aliphatic heterocycles. The molecule has 0 amide bonds. The molecule has 70 valence electrons. The van der Waals surface area contributed by atoms with Gasteiger partial charge in [-0.1, -0.05) is 6.92 Å². The Balaban J connectivity index is 3.93. The molecule has 0 aromatic rings. The number of carbonyl (C=O) groups is 1. The van der Waals surface area contributed by atoms with E-state index in [-0.39, 0.29) is 6.04 Å². The third-order valence-electron chi connectivity index (χ3n) is 1.67. The molecule has 0 saturated carbocycles. The first-order chi connectivity index (χ1) is 5.61. The van der Waals surface area contributed by atoms with Gasteiger partial charge in [0, 0.05) is 0 Å². The van der Waals surface area contributed by atoms with Crippen molar-refractivity contribution in [2.75, 3.05) is 0 Å². The van der Waals surface area contributed by atoms with Crippen molar-refractivity contribution in [1.29, 1.82) is 0 Å². The highest BCUT2D eigenvalue weighted by molar-refractivity contribution is 5.73. The van der Waals surface area contributed by atoms with Crippen molar-refractivity contribution < 1.29 is 9.90 Å². The van der Waals surface area contributed by atoms with Gasteiger partial charge in [0.05, 0.1) is 6.04 Å². The topological polar surface area (TPSA) is 75.7 Å². The second-order valence-electron chi connectivity index (χ2n) is 2.65. The van der Waals surface area contributed by atoms with Gasteiger partial charge in [0.2, 0.25) is 0 Å². The molecular weight excluding hydrogens is 156 g/mol. The molecule has 0 aliphatic carbocycles. The molecule has 0 rings (SSSR count). The molecule has 0 aromatic carbocycles. The van der Waals surface area contributed by atoms with E-state index in [1.165, 1.54) is 0 Å². The Morgan fingerprint density at radius 1 is 1.75 bits per heavy atom. The standard InChI is InChI=1S/C8H16N2O2/c1-3-6(10-4-2)5-7(9)8(11)12/h4,6-7H,3,5,9H2,1-2H3,(H,11,12)/b10-4-/t6?,7-/m0/s1. The zero-order valence-corrected chi connectivity index (χ0v) is 7.53. The number of nitrogens with zero attached hydrogens (tertiary/aromatic N) is 1. The highest BCUT2D eigenvalue weighted by Gasteiger charge is 2.15. The molecule has 0 heterocycles. The lowest BCUT2D eigenvalue weighted by molar-refractivity contribution is -0.138. The number of carboxylic acids is 1. The van der Waals surface area contributed by atoms with E-state index in [4.69, 9.17) is 10.8 Å². The average Bonchev–Trinajstić information content (AvgIpc) is 2.03. The normalized spacial score (nSPS) is 16.2. The van der Waals surface area contributed by atoms with Crippen LogP contribution in [0.5, 0.6) is 0 Å². The van der Waals surface area contributed by atoms with Crippen molar-refractivity contribution in [3.8, 4) is 0 Å². The van der Waals surface area contributed by atoms with Gasteiger partial charge in [0.25, 0.3) is 0 Å². The Morgan fingerprint density at radius 3 is 2.67 bits per heavy atom. The zero-order valence-electron chi connectivity index (χ0n) is 7.53. The number of aliphatic carboxylic acids is 1. The molecule has 1 unspecified atom stereocenters. The van der Waals surface area contributed by atoms with Crippen LogP contribution in [0.1, 0.15) is 26.7 Å². The number of nitrogens with two attached hydrogens (primary N) is 1. The third-order valence-corrected chi connectivity index (χ3v) is 1.67. The Hall–Kier alpha value is -0.900. The van der Waals surface area contributed by atoms with E-state index in [9.17, 15) is 4.79 Å². The molecule has 3 N–H and O–H groups in total. The lowest BCUT2D eigenvalue weighted by Gasteiger charge is -2.12. The highest BCUT2D eigenvalue weighted by Crippen LogP contribution is 2.05. The Morgan fingerprint density at radius 2 is 2.33 bits per heavy atom. The van der Waals surface area contributed by atoms with Crippen LogP contribution in [0.3, 0.4) is 0 Å². The third kappa shape index (κ3) is 4.08. The summed E-state index contributed by atoms with van der Waals surface area (Å²) < 4.78 is 0. The molecule has 0 radical (unpaired) electrons. The van der Waals surface area contributed by atoms with E-state index in [1.807, 2.05) is 13.8 Å². The summed E-state index contributed by atoms with van der Waals surface area (Å²) in [5.41, 5.74) is 5.35. The number of carboxylic acid groups (broad SMARTS) is 1. The van der Waals surface area contributed by atoms with Crippen LogP contribution in [0.15, 0.2) is 4.99 Å². The molecule has 4 nitrogen and oxygen atoms in total. The summed E-state index contributed by atoms with van der Waals surface area (Å²) in [5.74, 6) is -0.959. The van der Waals surface area contributed by atoms with E-state index in [1.54, 1.807) is 6.21 Å². The van der Waals surface area contributed by atoms with Crippen LogP contribution >= 0.6 is 0 Å². The van der Waals surface area contributed by atoms with E-state index >= 15 is 0 Å². The fourth-order valence-electron chi connectivity index (χ4n) is 0.938. The van der Waals surface area contributed by atoms with Crippen molar-refractivity contribution >= 4 is 12.2 Å². The van der Waals surface area contributed by atoms with E-state index < -0.39 is 12.0 Å². The molecule has 4 heteroatoms. The van der Waals surface area contributed by atoms with Gasteiger partial charge in [0.1, 0.15) is 6.04 Å². The van der Waals surface area contributed by atoms with Gasteiger partial charge >= 0.3 is 5.97 Å². The summed E-state index contributed by atoms with van der Waals surface area (Å²) in [5, 5.41) is 8.52. The lowest BCUT2D eigenvalue weighted by atomic mass is 10.1. The fraction of sp³-hybridized carbons (Fsp3) is 0.750. The van der Waals surface area contributed by atoms with Crippen molar-refractivity contribution in [3.05, 3.63) is 0 Å². The second-order valence-corrected chi connectivity index (χ2v) is 2.65. The molecule has 0 aliphatic rings. The van der Waals surface area contributed by atoms with Crippen LogP contribution in [0.4, 0.5) is 0 Å². The second kappa shape index (κ2) is 5.71. The SMILES string of the molecule is C/C=N\C(CC)C[C@H](N)C(=O)O. The van der Waals surface area contributed by atoms with E-state index in [2.05, 4.69) is 4.99 Å². The minimum Gasteiger partial charge on any atom is -0.480 e. The van der Waals surface area contributed by atoms with Gasteiger partial charge in [-0.05, 0) is 26.0 Å². The summed E-state index contributed by atoms with van der Waals surface area (Å²) in [6, 6.07) is -0.750. The monoisotopic (exact) mass is 172 g/mol. The largest absolute Gasteiger partial charge is 0.480 e. The van der Waals surface area contributed by atoms with Crippen molar-refractivity contribution in [2.45, 2.75) is 38.8 Å². The average molecular weight is 172 g/mol. The van der Waals surface area contributed by atoms with Gasteiger partial charge in [-0.3, -0.25) is 9.79 Å². The van der Waals surface area contributed by atoms with Crippen LogP contribution < -0.4 is 5.73 Å². The highest BCUT2D eigenvalue weighted by atomic mass is 16.4. The Bertz CT molecular complexity index is 168. The number of rotatable bonds is 5. The minimum absolute atomic E-state index is 0.0427. The summed E-state index contributed by atoms with van der Waals surface area (Å²) >= 11 is 0. The van der Waals surface area contributed by atoms with Crippen molar-refractivity contribution in [3.63, 3.8) is 0 Å². The first kappa shape index (κ1) is 11.1. The molecule has 0 aromatic heterocycles. The first-order valence-electron chi connectivity index (χ1n) is 4.08. The molecule has 0 fully saturated rings. The van der Waals surface area contributed by atoms with Crippen LogP contribution in [0.25, 0.3) is 0 Å². The molecule has 0 spiro atoms. The first-order valence-corrected chi connectivity index (χ1v) is 4.08. The van der Waals surface area contributed by atoms with Gasteiger partial charge in [-0.15, -0.1) is 0 Å². The molecule has 0 saturated heterocycles. The molecule has 12 heavy (non-hydrogen) atoms. The van der Waals surface area contributed by atoms with Crippen molar-refractivity contribution in [1.82, 2.24) is 0 Å². The van der Waals surface area contributed by atoms with Gasteiger partial charge in [-0.2, -0.15) is 0 Å². The van der Waals surface area contributed by atoms with E-state index in [0.717, 1.165) is 6.42 Å². The lowest BCUT2D eigenvalue weighted by Crippen LogP contribution is -2.33. The summed E-state index contributed by atoms with van der Waals surface area (Å²) in [4.78, 5) is 14.5. The Labute approximate surface area is 72.5 Å². The maximum Gasteiger partial charge on any atom is 0.320 e. The molecule has 0 bridgehead atoms. The van der Waals surface area contributed by atoms with Gasteiger partial charge in [0.15, 0.2) is 0 Å². The summed E-state index contributed by atoms with van der Waals surface area (Å²) in [6.07, 6.45) is 2.92. The number of hydrogen-bond acceptors (Lipinski definition) is 3.